The number of methoxy groups -OCH3 is 1. The molecule has 0 saturated heterocycles. The molecule has 0 aliphatic carbocycles. The van der Waals surface area contributed by atoms with Gasteiger partial charge in [0.05, 0.1) is 7.11 Å². The maximum absolute atomic E-state index is 9.82. The molecule has 88 valence electrons. The lowest BCUT2D eigenvalue weighted by Crippen LogP contribution is -2.31. The van der Waals surface area contributed by atoms with Crippen LogP contribution in [0.5, 0.6) is 11.5 Å². The number of rotatable bonds is 2. The number of likely N-dealkylation sites (N-methyl/N-ethyl adjacent to an activating group) is 1. The fraction of sp³-hybridized carbons (Fsp3) is 0.538. The Labute approximate surface area is 96.6 Å². The molecule has 1 aliphatic heterocycles. The van der Waals surface area contributed by atoms with Crippen molar-refractivity contribution in [2.45, 2.75) is 25.8 Å². The van der Waals surface area contributed by atoms with E-state index in [0.717, 1.165) is 19.4 Å². The molecular formula is C13H19NO2. The Bertz CT molecular complexity index is 390. The van der Waals surface area contributed by atoms with E-state index in [9.17, 15) is 5.11 Å². The lowest BCUT2D eigenvalue weighted by molar-refractivity contribution is 0.224. The molecule has 0 fully saturated rings. The maximum Gasteiger partial charge on any atom is 0.160 e. The van der Waals surface area contributed by atoms with Crippen LogP contribution in [0.2, 0.25) is 0 Å². The molecule has 3 nitrogen and oxygen atoms in total. The van der Waals surface area contributed by atoms with E-state index in [1.165, 1.54) is 11.1 Å². The minimum Gasteiger partial charge on any atom is -0.504 e. The summed E-state index contributed by atoms with van der Waals surface area (Å²) in [6.07, 6.45) is 2.09. The predicted octanol–water partition coefficient (Wildman–Crippen LogP) is 2.34. The summed E-state index contributed by atoms with van der Waals surface area (Å²) in [5.41, 5.74) is 2.55. The third-order valence-electron chi connectivity index (χ3n) is 3.45. The van der Waals surface area contributed by atoms with Crippen LogP contribution in [0.25, 0.3) is 0 Å². The van der Waals surface area contributed by atoms with Crippen molar-refractivity contribution in [1.29, 1.82) is 0 Å². The molecule has 1 heterocycles. The van der Waals surface area contributed by atoms with E-state index in [1.807, 2.05) is 12.1 Å². The highest BCUT2D eigenvalue weighted by Gasteiger charge is 2.24. The molecule has 1 aromatic rings. The Morgan fingerprint density at radius 3 is 2.88 bits per heavy atom. The number of hydrogen-bond donors (Lipinski definition) is 1. The SMILES string of the molecule is CC[C@H]1c2cc(O)c(OC)cc2CCN1C. The number of benzene rings is 1. The van der Waals surface area contributed by atoms with Crippen molar-refractivity contribution in [3.8, 4) is 11.5 Å². The number of fused-ring (bicyclic) bond motifs is 1. The van der Waals surface area contributed by atoms with E-state index < -0.39 is 0 Å². The number of hydrogen-bond acceptors (Lipinski definition) is 3. The van der Waals surface area contributed by atoms with E-state index >= 15 is 0 Å². The summed E-state index contributed by atoms with van der Waals surface area (Å²) in [5.74, 6) is 0.827. The zero-order valence-corrected chi connectivity index (χ0v) is 10.2. The van der Waals surface area contributed by atoms with Gasteiger partial charge in [0.25, 0.3) is 0 Å². The van der Waals surface area contributed by atoms with Crippen molar-refractivity contribution in [2.75, 3.05) is 20.7 Å². The Balaban J connectivity index is 2.46. The summed E-state index contributed by atoms with van der Waals surface area (Å²) in [6, 6.07) is 4.25. The van der Waals surface area contributed by atoms with Crippen molar-refractivity contribution < 1.29 is 9.84 Å². The van der Waals surface area contributed by atoms with Gasteiger partial charge in [-0.3, -0.25) is 4.90 Å². The van der Waals surface area contributed by atoms with Crippen LogP contribution in [0.3, 0.4) is 0 Å². The van der Waals surface area contributed by atoms with Crippen molar-refractivity contribution >= 4 is 0 Å². The molecule has 0 amide bonds. The molecule has 0 bridgehead atoms. The summed E-state index contributed by atoms with van der Waals surface area (Å²) in [7, 11) is 3.73. The van der Waals surface area contributed by atoms with Gasteiger partial charge in [-0.2, -0.15) is 0 Å². The van der Waals surface area contributed by atoms with E-state index in [1.54, 1.807) is 7.11 Å². The minimum absolute atomic E-state index is 0.245. The van der Waals surface area contributed by atoms with Gasteiger partial charge in [0, 0.05) is 12.6 Å². The molecule has 0 unspecified atom stereocenters. The first-order chi connectivity index (χ1) is 7.67. The Morgan fingerprint density at radius 2 is 2.25 bits per heavy atom. The Hall–Kier alpha value is -1.22. The first-order valence-electron chi connectivity index (χ1n) is 5.77. The summed E-state index contributed by atoms with van der Waals surface area (Å²) in [6.45, 7) is 3.25. The van der Waals surface area contributed by atoms with E-state index in [-0.39, 0.29) is 5.75 Å². The number of nitrogens with zero attached hydrogens (tertiary/aromatic N) is 1. The summed E-state index contributed by atoms with van der Waals surface area (Å²) < 4.78 is 5.14. The Morgan fingerprint density at radius 1 is 1.50 bits per heavy atom. The smallest absolute Gasteiger partial charge is 0.160 e. The monoisotopic (exact) mass is 221 g/mol. The first-order valence-corrected chi connectivity index (χ1v) is 5.77. The quantitative estimate of drug-likeness (QED) is 0.832. The number of aromatic hydroxyl groups is 1. The Kier molecular flexibility index (Phi) is 3.06. The zero-order chi connectivity index (χ0) is 11.7. The normalized spacial score (nSPS) is 20.6. The van der Waals surface area contributed by atoms with Crippen molar-refractivity contribution in [1.82, 2.24) is 4.90 Å². The van der Waals surface area contributed by atoms with Crippen LogP contribution in [-0.4, -0.2) is 30.7 Å². The van der Waals surface area contributed by atoms with Crippen molar-refractivity contribution in [2.24, 2.45) is 0 Å². The van der Waals surface area contributed by atoms with Crippen LogP contribution < -0.4 is 4.74 Å². The molecule has 3 heteroatoms. The van der Waals surface area contributed by atoms with Crippen molar-refractivity contribution in [3.63, 3.8) is 0 Å². The summed E-state index contributed by atoms with van der Waals surface area (Å²) in [5, 5.41) is 9.82. The highest BCUT2D eigenvalue weighted by Crippen LogP contribution is 2.37. The van der Waals surface area contributed by atoms with Gasteiger partial charge in [0.2, 0.25) is 0 Å². The second kappa shape index (κ2) is 4.34. The van der Waals surface area contributed by atoms with Crippen LogP contribution in [0.4, 0.5) is 0 Å². The largest absolute Gasteiger partial charge is 0.504 e. The highest BCUT2D eigenvalue weighted by atomic mass is 16.5. The molecule has 0 spiro atoms. The third-order valence-corrected chi connectivity index (χ3v) is 3.45. The predicted molar refractivity (Wildman–Crippen MR) is 64.0 cm³/mol. The summed E-state index contributed by atoms with van der Waals surface area (Å²) >= 11 is 0. The fourth-order valence-corrected chi connectivity index (χ4v) is 2.54. The second-order valence-electron chi connectivity index (χ2n) is 4.38. The molecule has 1 aromatic carbocycles. The topological polar surface area (TPSA) is 32.7 Å². The van der Waals surface area contributed by atoms with E-state index in [0.29, 0.717) is 11.8 Å². The van der Waals surface area contributed by atoms with Gasteiger partial charge >= 0.3 is 0 Å². The van der Waals surface area contributed by atoms with Gasteiger partial charge in [0.15, 0.2) is 11.5 Å². The molecule has 2 rings (SSSR count). The highest BCUT2D eigenvalue weighted by molar-refractivity contribution is 5.48. The summed E-state index contributed by atoms with van der Waals surface area (Å²) in [4.78, 5) is 2.34. The average Bonchev–Trinajstić information content (AvgIpc) is 2.28. The van der Waals surface area contributed by atoms with E-state index in [2.05, 4.69) is 18.9 Å². The van der Waals surface area contributed by atoms with Gasteiger partial charge in [-0.25, -0.2) is 0 Å². The third kappa shape index (κ3) is 1.76. The lowest BCUT2D eigenvalue weighted by Gasteiger charge is -2.34. The molecule has 1 atom stereocenters. The molecule has 1 aliphatic rings. The van der Waals surface area contributed by atoms with Crippen LogP contribution >= 0.6 is 0 Å². The maximum atomic E-state index is 9.82. The molecule has 0 radical (unpaired) electrons. The van der Waals surface area contributed by atoms with Gasteiger partial charge in [-0.1, -0.05) is 6.92 Å². The minimum atomic E-state index is 0.245. The number of phenols is 1. The first kappa shape index (κ1) is 11.3. The van der Waals surface area contributed by atoms with E-state index in [4.69, 9.17) is 4.74 Å². The molecular weight excluding hydrogens is 202 g/mol. The number of ether oxygens (including phenoxy) is 1. The van der Waals surface area contributed by atoms with Gasteiger partial charge in [-0.05, 0) is 43.1 Å². The fourth-order valence-electron chi connectivity index (χ4n) is 2.54. The standard InChI is InChI=1S/C13H19NO2/c1-4-11-10-8-12(15)13(16-3)7-9(10)5-6-14(11)2/h7-8,11,15H,4-6H2,1-3H3/t11-/m0/s1. The van der Waals surface area contributed by atoms with Crippen LogP contribution in [0, 0.1) is 0 Å². The number of phenolic OH excluding ortho intramolecular Hbond substituents is 1. The molecule has 16 heavy (non-hydrogen) atoms. The average molecular weight is 221 g/mol. The van der Waals surface area contributed by atoms with Gasteiger partial charge in [0.1, 0.15) is 0 Å². The second-order valence-corrected chi connectivity index (χ2v) is 4.38. The molecule has 1 N–H and O–H groups in total. The van der Waals surface area contributed by atoms with Crippen molar-refractivity contribution in [3.05, 3.63) is 23.3 Å². The van der Waals surface area contributed by atoms with Gasteiger partial charge < -0.3 is 9.84 Å². The van der Waals surface area contributed by atoms with Crippen LogP contribution in [-0.2, 0) is 6.42 Å². The van der Waals surface area contributed by atoms with Gasteiger partial charge in [-0.15, -0.1) is 0 Å². The zero-order valence-electron chi connectivity index (χ0n) is 10.2. The van der Waals surface area contributed by atoms with Crippen LogP contribution in [0.15, 0.2) is 12.1 Å². The molecule has 0 saturated carbocycles. The lowest BCUT2D eigenvalue weighted by atomic mass is 9.91. The molecule has 0 aromatic heterocycles. The van der Waals surface area contributed by atoms with Crippen LogP contribution in [0.1, 0.15) is 30.5 Å².